The molecule has 4 rings (SSSR count). The Morgan fingerprint density at radius 2 is 1.74 bits per heavy atom. The molecule has 31 heavy (non-hydrogen) atoms. The Bertz CT molecular complexity index is 1080. The van der Waals surface area contributed by atoms with E-state index in [0.29, 0.717) is 36.6 Å². The highest BCUT2D eigenvalue weighted by molar-refractivity contribution is 5.99. The van der Waals surface area contributed by atoms with Gasteiger partial charge in [-0.05, 0) is 32.8 Å². The van der Waals surface area contributed by atoms with E-state index in [2.05, 4.69) is 10.6 Å². The van der Waals surface area contributed by atoms with Crippen molar-refractivity contribution in [2.45, 2.75) is 51.7 Å². The molecule has 1 aliphatic rings. The molecule has 3 aromatic rings. The fourth-order valence-corrected chi connectivity index (χ4v) is 3.93. The Balaban J connectivity index is 1.84. The van der Waals surface area contributed by atoms with Crippen LogP contribution in [-0.4, -0.2) is 26.9 Å². The van der Waals surface area contributed by atoms with Gasteiger partial charge in [-0.15, -0.1) is 0 Å². The molecule has 1 aliphatic heterocycles. The number of aromatic nitrogens is 2. The first-order chi connectivity index (χ1) is 14.8. The van der Waals surface area contributed by atoms with Gasteiger partial charge in [0, 0.05) is 24.1 Å². The molecule has 0 bridgehead atoms. The van der Waals surface area contributed by atoms with Gasteiger partial charge in [-0.1, -0.05) is 60.7 Å². The molecule has 1 atom stereocenters. The first-order valence-electron chi connectivity index (χ1n) is 10.6. The van der Waals surface area contributed by atoms with Crippen LogP contribution >= 0.6 is 0 Å². The molecule has 0 spiro atoms. The Morgan fingerprint density at radius 1 is 1.10 bits per heavy atom. The number of amides is 2. The highest BCUT2D eigenvalue weighted by atomic mass is 16.2. The van der Waals surface area contributed by atoms with Crippen molar-refractivity contribution in [2.24, 2.45) is 0 Å². The van der Waals surface area contributed by atoms with E-state index in [1.54, 1.807) is 0 Å². The van der Waals surface area contributed by atoms with Gasteiger partial charge in [0.2, 0.25) is 5.91 Å². The van der Waals surface area contributed by atoms with Crippen LogP contribution in [0.2, 0.25) is 0 Å². The smallest absolute Gasteiger partial charge is 0.270 e. The van der Waals surface area contributed by atoms with E-state index in [-0.39, 0.29) is 17.9 Å². The van der Waals surface area contributed by atoms with Gasteiger partial charge >= 0.3 is 0 Å². The van der Waals surface area contributed by atoms with Crippen molar-refractivity contribution in [2.75, 3.05) is 0 Å². The van der Waals surface area contributed by atoms with Crippen LogP contribution in [0.4, 0.5) is 0 Å². The summed E-state index contributed by atoms with van der Waals surface area (Å²) >= 11 is 0. The number of imidazole rings is 1. The predicted octanol–water partition coefficient (Wildman–Crippen LogP) is 3.88. The summed E-state index contributed by atoms with van der Waals surface area (Å²) in [5, 5.41) is 6.18. The van der Waals surface area contributed by atoms with Gasteiger partial charge in [-0.2, -0.15) is 0 Å². The minimum Gasteiger partial charge on any atom is -0.346 e. The van der Waals surface area contributed by atoms with E-state index in [9.17, 15) is 9.59 Å². The van der Waals surface area contributed by atoms with Crippen LogP contribution in [0.5, 0.6) is 0 Å². The van der Waals surface area contributed by atoms with Gasteiger partial charge < -0.3 is 15.2 Å². The summed E-state index contributed by atoms with van der Waals surface area (Å²) in [6, 6.07) is 19.4. The number of benzene rings is 2. The Labute approximate surface area is 182 Å². The van der Waals surface area contributed by atoms with E-state index < -0.39 is 5.54 Å². The van der Waals surface area contributed by atoms with Gasteiger partial charge in [-0.3, -0.25) is 9.59 Å². The van der Waals surface area contributed by atoms with Crippen molar-refractivity contribution in [3.63, 3.8) is 0 Å². The molecule has 2 N–H and O–H groups in total. The highest BCUT2D eigenvalue weighted by Crippen LogP contribution is 2.30. The first kappa shape index (κ1) is 20.8. The molecule has 1 unspecified atom stereocenters. The SMILES string of the molecule is CC(C)(C)NC(=O)c1c(-c2ccccc2)nc2n1CCC(=O)NC2Cc1ccccc1. The average molecular weight is 417 g/mol. The van der Waals surface area contributed by atoms with Crippen molar-refractivity contribution in [1.82, 2.24) is 20.2 Å². The lowest BCUT2D eigenvalue weighted by atomic mass is 10.1. The molecular formula is C25H28N4O2. The van der Waals surface area contributed by atoms with Gasteiger partial charge in [0.05, 0.1) is 6.04 Å². The molecule has 0 saturated heterocycles. The second-order valence-electron chi connectivity index (χ2n) is 8.95. The van der Waals surface area contributed by atoms with Crippen LogP contribution in [-0.2, 0) is 17.8 Å². The summed E-state index contributed by atoms with van der Waals surface area (Å²) in [6.07, 6.45) is 0.914. The molecular weight excluding hydrogens is 388 g/mol. The number of hydrogen-bond acceptors (Lipinski definition) is 3. The lowest BCUT2D eigenvalue weighted by Crippen LogP contribution is -2.41. The number of rotatable bonds is 4. The lowest BCUT2D eigenvalue weighted by Gasteiger charge is -2.22. The fraction of sp³-hybridized carbons (Fsp3) is 0.320. The van der Waals surface area contributed by atoms with E-state index in [1.807, 2.05) is 86.0 Å². The van der Waals surface area contributed by atoms with Crippen LogP contribution in [0.1, 0.15) is 55.1 Å². The normalized spacial score (nSPS) is 16.2. The van der Waals surface area contributed by atoms with Gasteiger partial charge in [0.1, 0.15) is 17.2 Å². The van der Waals surface area contributed by atoms with Crippen molar-refractivity contribution in [1.29, 1.82) is 0 Å². The standard InChI is InChI=1S/C25H28N4O2/c1-25(2,3)28-24(31)22-21(18-12-8-5-9-13-18)27-23-19(16-17-10-6-4-7-11-17)26-20(30)14-15-29(22)23/h4-13,19H,14-16H2,1-3H3,(H,26,30)(H,28,31). The Morgan fingerprint density at radius 3 is 2.39 bits per heavy atom. The summed E-state index contributed by atoms with van der Waals surface area (Å²) in [6.45, 7) is 6.28. The van der Waals surface area contributed by atoms with E-state index in [1.165, 1.54) is 0 Å². The minimum absolute atomic E-state index is 0.0325. The summed E-state index contributed by atoms with van der Waals surface area (Å²) in [7, 11) is 0. The molecule has 0 aliphatic carbocycles. The molecule has 0 radical (unpaired) electrons. The molecule has 0 fully saturated rings. The summed E-state index contributed by atoms with van der Waals surface area (Å²) in [5.41, 5.74) is 2.74. The molecule has 2 amide bonds. The Hall–Kier alpha value is -3.41. The summed E-state index contributed by atoms with van der Waals surface area (Å²) < 4.78 is 1.93. The number of fused-ring (bicyclic) bond motifs is 1. The van der Waals surface area contributed by atoms with Gasteiger partial charge in [0.25, 0.3) is 5.91 Å². The molecule has 1 aromatic heterocycles. The zero-order valence-corrected chi connectivity index (χ0v) is 18.2. The maximum absolute atomic E-state index is 13.4. The second kappa shape index (κ2) is 8.38. The number of hydrogen-bond donors (Lipinski definition) is 2. The van der Waals surface area contributed by atoms with Crippen LogP contribution < -0.4 is 10.6 Å². The van der Waals surface area contributed by atoms with Gasteiger partial charge in [-0.25, -0.2) is 4.98 Å². The summed E-state index contributed by atoms with van der Waals surface area (Å²) in [5.74, 6) is 0.500. The Kier molecular flexibility index (Phi) is 5.63. The monoisotopic (exact) mass is 416 g/mol. The zero-order chi connectivity index (χ0) is 22.0. The van der Waals surface area contributed by atoms with E-state index >= 15 is 0 Å². The van der Waals surface area contributed by atoms with Crippen molar-refractivity contribution < 1.29 is 9.59 Å². The second-order valence-corrected chi connectivity index (χ2v) is 8.95. The van der Waals surface area contributed by atoms with Gasteiger partial charge in [0.15, 0.2) is 0 Å². The molecule has 6 heteroatoms. The number of carbonyl (C=O) groups excluding carboxylic acids is 2. The largest absolute Gasteiger partial charge is 0.346 e. The summed E-state index contributed by atoms with van der Waals surface area (Å²) in [4.78, 5) is 30.8. The predicted molar refractivity (Wildman–Crippen MR) is 121 cm³/mol. The van der Waals surface area contributed by atoms with Crippen molar-refractivity contribution in [3.8, 4) is 11.3 Å². The number of carbonyl (C=O) groups is 2. The van der Waals surface area contributed by atoms with Crippen LogP contribution in [0, 0.1) is 0 Å². The van der Waals surface area contributed by atoms with Crippen LogP contribution in [0.15, 0.2) is 60.7 Å². The third-order valence-electron chi connectivity index (χ3n) is 5.24. The number of nitrogens with zero attached hydrogens (tertiary/aromatic N) is 2. The highest BCUT2D eigenvalue weighted by Gasteiger charge is 2.32. The molecule has 160 valence electrons. The first-order valence-corrected chi connectivity index (χ1v) is 10.6. The van der Waals surface area contributed by atoms with Crippen molar-refractivity contribution in [3.05, 3.63) is 77.7 Å². The maximum Gasteiger partial charge on any atom is 0.270 e. The quantitative estimate of drug-likeness (QED) is 0.678. The van der Waals surface area contributed by atoms with Crippen LogP contribution in [0.3, 0.4) is 0 Å². The third kappa shape index (κ3) is 4.68. The fourth-order valence-electron chi connectivity index (χ4n) is 3.93. The topological polar surface area (TPSA) is 76.0 Å². The maximum atomic E-state index is 13.4. The third-order valence-corrected chi connectivity index (χ3v) is 5.24. The molecule has 6 nitrogen and oxygen atoms in total. The minimum atomic E-state index is -0.391. The lowest BCUT2D eigenvalue weighted by molar-refractivity contribution is -0.121. The molecule has 2 aromatic carbocycles. The van der Waals surface area contributed by atoms with Crippen molar-refractivity contribution >= 4 is 11.8 Å². The van der Waals surface area contributed by atoms with E-state index in [4.69, 9.17) is 4.98 Å². The zero-order valence-electron chi connectivity index (χ0n) is 18.2. The van der Waals surface area contributed by atoms with Crippen LogP contribution in [0.25, 0.3) is 11.3 Å². The average Bonchev–Trinajstić information content (AvgIpc) is 3.05. The van der Waals surface area contributed by atoms with E-state index in [0.717, 1.165) is 11.1 Å². The number of nitrogens with one attached hydrogen (secondary N) is 2. The molecule has 0 saturated carbocycles. The molecule has 2 heterocycles.